The number of hydrogen-bond donors (Lipinski definition) is 8. The van der Waals surface area contributed by atoms with Crippen molar-refractivity contribution < 1.29 is 59.8 Å². The number of aryl methyl sites for hydroxylation is 2. The number of hydrogen-bond acceptors (Lipinski definition) is 21. The molecule has 0 unspecified atom stereocenters. The first-order valence-electron chi connectivity index (χ1n) is 24.5. The first kappa shape index (κ1) is 55.1. The van der Waals surface area contributed by atoms with E-state index >= 15 is 0 Å². The van der Waals surface area contributed by atoms with Crippen LogP contribution in [0.4, 0.5) is 0 Å². The van der Waals surface area contributed by atoms with E-state index < -0.39 is 91.3 Å². The van der Waals surface area contributed by atoms with Gasteiger partial charge in [-0.2, -0.15) is 0 Å². The number of aromatic nitrogens is 5. The molecule has 8 N–H and O–H groups in total. The summed E-state index contributed by atoms with van der Waals surface area (Å²) in [6, 6.07) is 3.43. The number of aliphatic hydroxyl groups is 7. The van der Waals surface area contributed by atoms with Gasteiger partial charge in [0, 0.05) is 55.1 Å². The maximum absolute atomic E-state index is 14.6. The minimum atomic E-state index is -1.79. The van der Waals surface area contributed by atoms with E-state index in [1.807, 2.05) is 58.2 Å². The Kier molecular flexibility index (Phi) is 18.5. The Morgan fingerprint density at radius 1 is 0.681 bits per heavy atom. The van der Waals surface area contributed by atoms with Gasteiger partial charge in [0.1, 0.15) is 48.8 Å². The molecular weight excluding hydrogens is 943 g/mol. The summed E-state index contributed by atoms with van der Waals surface area (Å²) in [4.78, 5) is 54.5. The molecule has 2 fully saturated rings. The summed E-state index contributed by atoms with van der Waals surface area (Å²) in [6.07, 6.45) is -11.1. The Hall–Kier alpha value is -4.64. The van der Waals surface area contributed by atoms with Crippen molar-refractivity contribution in [3.05, 3.63) is 66.0 Å². The fourth-order valence-electron chi connectivity index (χ4n) is 9.61. The Labute approximate surface area is 415 Å². The third-order valence-corrected chi connectivity index (χ3v) is 13.4. The molecule has 3 aromatic rings. The van der Waals surface area contributed by atoms with Crippen molar-refractivity contribution in [3.63, 3.8) is 0 Å². The number of benzene rings is 2. The predicted molar refractivity (Wildman–Crippen MR) is 261 cm³/mol. The smallest absolute Gasteiger partial charge is 0.263 e. The Morgan fingerprint density at radius 2 is 1.31 bits per heavy atom. The summed E-state index contributed by atoms with van der Waals surface area (Å²) in [5, 5.41) is 94.0. The molecule has 5 heterocycles. The molecule has 0 bridgehead atoms. The van der Waals surface area contributed by atoms with E-state index in [2.05, 4.69) is 15.2 Å². The number of ether oxygens (including phenoxy) is 4. The van der Waals surface area contributed by atoms with E-state index in [1.165, 1.54) is 9.13 Å². The fourth-order valence-corrected chi connectivity index (χ4v) is 9.61. The van der Waals surface area contributed by atoms with Crippen LogP contribution < -0.4 is 22.0 Å². The van der Waals surface area contributed by atoms with Crippen molar-refractivity contribution >= 4 is 21.5 Å². The van der Waals surface area contributed by atoms with Crippen LogP contribution in [0.3, 0.4) is 0 Å². The van der Waals surface area contributed by atoms with Crippen LogP contribution in [-0.2, 0) is 51.4 Å². The molecule has 24 heteroatoms. The average molecular weight is 1010 g/mol. The monoisotopic (exact) mass is 1010 g/mol. The van der Waals surface area contributed by atoms with Crippen LogP contribution in [-0.4, -0.2) is 229 Å². The lowest BCUT2D eigenvalue weighted by atomic mass is 9.87. The average Bonchev–Trinajstić information content (AvgIpc) is 3.80. The van der Waals surface area contributed by atoms with Crippen molar-refractivity contribution in [1.82, 2.24) is 38.8 Å². The van der Waals surface area contributed by atoms with Gasteiger partial charge < -0.3 is 74.5 Å². The maximum Gasteiger partial charge on any atom is 0.263 e. The third-order valence-electron chi connectivity index (χ3n) is 13.4. The molecule has 0 amide bonds. The zero-order valence-electron chi connectivity index (χ0n) is 41.8. The van der Waals surface area contributed by atoms with Crippen LogP contribution in [0, 0.1) is 0 Å². The van der Waals surface area contributed by atoms with Gasteiger partial charge in [0.15, 0.2) is 12.6 Å². The molecule has 24 nitrogen and oxygen atoms in total. The first-order valence-corrected chi connectivity index (χ1v) is 24.5. The lowest BCUT2D eigenvalue weighted by Crippen LogP contribution is -2.64. The van der Waals surface area contributed by atoms with Gasteiger partial charge in [-0.3, -0.25) is 33.2 Å². The minimum Gasteiger partial charge on any atom is -0.494 e. The van der Waals surface area contributed by atoms with Crippen molar-refractivity contribution in [1.29, 1.82) is 0 Å². The summed E-state index contributed by atoms with van der Waals surface area (Å²) in [6.45, 7) is 1.57. The van der Waals surface area contributed by atoms with Crippen LogP contribution in [0.5, 0.6) is 5.88 Å². The van der Waals surface area contributed by atoms with Crippen molar-refractivity contribution in [2.75, 3.05) is 88.3 Å². The normalized spacial score (nSPS) is 25.5. The standard InChI is InChI=1S/C48H71N9O15/c1-52(2)14-7-11-26-21-28-35-34-29(44(66)56(45(67)33(26)34)18-9-15-53(3)4)22-30(36(35)46(68)57(43(28)65)19-10-16-54(5)6)49-13-8-17-55-23-27(50-51-55)12-20-69-47-41(64)39(62)42(32(25-59)71-47)72-48-40(63)38(61)37(60)31(24-58)70-48/h21-23,31-32,37-42,47-48,58-65H,7-20,24-25H2,1-6H3/t31-,32-,37+,38+,39-,40-,41-,42-,47-,48+/m1/s1. The zero-order valence-corrected chi connectivity index (χ0v) is 41.8. The summed E-state index contributed by atoms with van der Waals surface area (Å²) in [7, 11) is 11.6. The van der Waals surface area contributed by atoms with Gasteiger partial charge in [0.25, 0.3) is 16.7 Å². The van der Waals surface area contributed by atoms with E-state index in [-0.39, 0.29) is 54.8 Å². The van der Waals surface area contributed by atoms with E-state index in [9.17, 15) is 55.2 Å². The van der Waals surface area contributed by atoms with Crippen LogP contribution in [0.1, 0.15) is 36.9 Å². The molecule has 10 atom stereocenters. The van der Waals surface area contributed by atoms with Gasteiger partial charge >= 0.3 is 0 Å². The highest BCUT2D eigenvalue weighted by Crippen LogP contribution is 2.39. The second-order valence-electron chi connectivity index (χ2n) is 19.6. The van der Waals surface area contributed by atoms with E-state index in [0.717, 1.165) is 6.54 Å². The van der Waals surface area contributed by atoms with E-state index in [0.29, 0.717) is 84.7 Å². The molecule has 0 spiro atoms. The lowest BCUT2D eigenvalue weighted by molar-refractivity contribution is -0.359. The number of aliphatic hydroxyl groups excluding tert-OH is 7. The molecule has 0 radical (unpaired) electrons. The molecule has 4 aliphatic rings. The molecule has 2 saturated heterocycles. The molecule has 3 aliphatic heterocycles. The third kappa shape index (κ3) is 11.8. The van der Waals surface area contributed by atoms with Crippen molar-refractivity contribution in [2.24, 2.45) is 4.99 Å². The zero-order chi connectivity index (χ0) is 52.1. The quantitative estimate of drug-likeness (QED) is 0.0220. The van der Waals surface area contributed by atoms with Gasteiger partial charge in [0.2, 0.25) is 5.88 Å². The SMILES string of the molecule is CN(C)CCCc1cc2c(O)n(CCCN(C)C)c(=O)c3c(=NCCCn4cc(CCO[C@@H]5O[C@H](CO)[C@@H](O[C@@H]6O[C@H](CO)[C@H](O)[C@H](O)[C@H]6O)[C@H](O)[C@H]5O)nn4)cc4c(=O)n(CCCN(C)C)c(=O)c1c-4c23. The summed E-state index contributed by atoms with van der Waals surface area (Å²) in [5.74, 6) is -0.224. The highest BCUT2D eigenvalue weighted by molar-refractivity contribution is 6.16. The number of nitrogens with zero attached hydrogens (tertiary/aromatic N) is 9. The van der Waals surface area contributed by atoms with Gasteiger partial charge in [0.05, 0.1) is 47.2 Å². The van der Waals surface area contributed by atoms with E-state index in [1.54, 1.807) is 16.9 Å². The molecule has 0 saturated carbocycles. The first-order chi connectivity index (χ1) is 34.4. The summed E-state index contributed by atoms with van der Waals surface area (Å²) >= 11 is 0. The van der Waals surface area contributed by atoms with Gasteiger partial charge in [-0.15, -0.1) is 5.10 Å². The van der Waals surface area contributed by atoms with Gasteiger partial charge in [-0.1, -0.05) is 5.21 Å². The molecule has 2 aromatic heterocycles. The number of pyridine rings is 2. The molecule has 398 valence electrons. The summed E-state index contributed by atoms with van der Waals surface area (Å²) < 4.78 is 26.7. The molecule has 72 heavy (non-hydrogen) atoms. The number of rotatable bonds is 24. The van der Waals surface area contributed by atoms with Crippen LogP contribution in [0.15, 0.2) is 37.7 Å². The Morgan fingerprint density at radius 3 is 1.97 bits per heavy atom. The second-order valence-corrected chi connectivity index (χ2v) is 19.6. The Balaban J connectivity index is 1.09. The predicted octanol–water partition coefficient (Wildman–Crippen LogP) is -3.47. The molecule has 1 aromatic carbocycles. The topological polar surface area (TPSA) is 313 Å². The van der Waals surface area contributed by atoms with Crippen LogP contribution in [0.2, 0.25) is 0 Å². The second kappa shape index (κ2) is 24.1. The molecule has 1 aliphatic carbocycles. The van der Waals surface area contributed by atoms with Crippen LogP contribution in [0.25, 0.3) is 32.7 Å². The van der Waals surface area contributed by atoms with E-state index in [4.69, 9.17) is 23.9 Å². The number of aromatic hydroxyl groups is 1. The van der Waals surface area contributed by atoms with Crippen molar-refractivity contribution in [3.8, 4) is 17.0 Å². The van der Waals surface area contributed by atoms with Crippen molar-refractivity contribution in [2.45, 2.75) is 120 Å². The largest absolute Gasteiger partial charge is 0.494 e. The lowest BCUT2D eigenvalue weighted by Gasteiger charge is -2.45. The van der Waals surface area contributed by atoms with Gasteiger partial charge in [-0.25, -0.2) is 0 Å². The fraction of sp³-hybridized carbons (Fsp3) is 0.667. The highest BCUT2D eigenvalue weighted by atomic mass is 16.7. The highest BCUT2D eigenvalue weighted by Gasteiger charge is 2.50. The molecular formula is C48H71N9O15. The summed E-state index contributed by atoms with van der Waals surface area (Å²) in [5.41, 5.74) is 0.460. The Bertz CT molecular complexity index is 2780. The van der Waals surface area contributed by atoms with Gasteiger partial charge in [-0.05, 0) is 112 Å². The minimum absolute atomic E-state index is 0.0578. The molecule has 7 rings (SSSR count). The maximum atomic E-state index is 14.6. The van der Waals surface area contributed by atoms with Crippen LogP contribution >= 0.6 is 0 Å².